The van der Waals surface area contributed by atoms with E-state index >= 15 is 0 Å². The summed E-state index contributed by atoms with van der Waals surface area (Å²) < 4.78 is 1.92. The number of nitrogen functional groups attached to an aromatic ring is 1. The molecule has 4 aromatic heterocycles. The molecule has 4 aromatic rings. The number of carboxylic acid groups (broad SMARTS) is 1. The maximum Gasteiger partial charge on any atom is 0.404 e. The molecule has 1 aliphatic rings. The number of rotatable bonds is 3. The summed E-state index contributed by atoms with van der Waals surface area (Å²) in [6.45, 7) is 0. The van der Waals surface area contributed by atoms with Crippen LogP contribution in [0.3, 0.4) is 0 Å². The number of anilines is 1. The van der Waals surface area contributed by atoms with E-state index in [9.17, 15) is 4.79 Å². The van der Waals surface area contributed by atoms with Gasteiger partial charge >= 0.3 is 6.09 Å². The molecule has 5 rings (SSSR count). The number of hydrogen-bond acceptors (Lipinski definition) is 6. The molecule has 0 bridgehead atoms. The molecule has 10 nitrogen and oxygen atoms in total. The highest BCUT2D eigenvalue weighted by Gasteiger charge is 2.28. The number of pyridine rings is 1. The van der Waals surface area contributed by atoms with Crippen molar-refractivity contribution in [2.24, 2.45) is 0 Å². The number of H-pyrrole nitrogens is 1. The van der Waals surface area contributed by atoms with Crippen molar-refractivity contribution >= 4 is 34.0 Å². The van der Waals surface area contributed by atoms with Crippen LogP contribution >= 0.6 is 0 Å². The van der Waals surface area contributed by atoms with Gasteiger partial charge in [0, 0.05) is 17.6 Å². The summed E-state index contributed by atoms with van der Waals surface area (Å²) in [5, 5.41) is 18.1. The van der Waals surface area contributed by atoms with Crippen molar-refractivity contribution in [3.8, 4) is 11.4 Å². The molecule has 0 aromatic carbocycles. The topological polar surface area (TPSA) is 148 Å². The Hall–Kier alpha value is -3.69. The lowest BCUT2D eigenvalue weighted by molar-refractivity contribution is 0.182. The SMILES string of the molecule is Nc1ncnc2c1c(-c1cc3cccnc3[nH]1)nn2[C@H]1CC[C@H](NC(=O)O)CC1. The molecule has 1 saturated carbocycles. The lowest BCUT2D eigenvalue weighted by atomic mass is 9.91. The molecule has 29 heavy (non-hydrogen) atoms. The minimum absolute atomic E-state index is 0.0236. The van der Waals surface area contributed by atoms with Crippen molar-refractivity contribution in [3.05, 3.63) is 30.7 Å². The first-order chi connectivity index (χ1) is 14.1. The first-order valence-corrected chi connectivity index (χ1v) is 9.52. The average Bonchev–Trinajstić information content (AvgIpc) is 3.30. The summed E-state index contributed by atoms with van der Waals surface area (Å²) >= 11 is 0. The zero-order valence-electron chi connectivity index (χ0n) is 15.5. The number of nitrogens with two attached hydrogens (primary N) is 1. The monoisotopic (exact) mass is 392 g/mol. The van der Waals surface area contributed by atoms with E-state index in [0.717, 1.165) is 42.4 Å². The van der Waals surface area contributed by atoms with Crippen LogP contribution in [0, 0.1) is 0 Å². The molecule has 1 amide bonds. The standard InChI is InChI=1S/C19H20N8O2/c20-16-14-15(13-8-10-2-1-7-21-17(10)25-13)26-27(18(14)23-9-22-16)12-5-3-11(4-6-12)24-19(28)29/h1-2,7-9,11-12,24H,3-6H2,(H,21,25)(H,28,29)(H2,20,22,23)/t11-,12-. The van der Waals surface area contributed by atoms with Crippen LogP contribution in [0.4, 0.5) is 10.6 Å². The molecule has 0 radical (unpaired) electrons. The van der Waals surface area contributed by atoms with Gasteiger partial charge in [-0.25, -0.2) is 24.4 Å². The molecule has 1 fully saturated rings. The van der Waals surface area contributed by atoms with E-state index in [-0.39, 0.29) is 12.1 Å². The van der Waals surface area contributed by atoms with Crippen LogP contribution in [0.5, 0.6) is 0 Å². The van der Waals surface area contributed by atoms with Gasteiger partial charge in [-0.3, -0.25) is 0 Å². The number of amides is 1. The van der Waals surface area contributed by atoms with Gasteiger partial charge in [0.15, 0.2) is 5.65 Å². The highest BCUT2D eigenvalue weighted by Crippen LogP contribution is 2.36. The summed E-state index contributed by atoms with van der Waals surface area (Å²) in [7, 11) is 0. The highest BCUT2D eigenvalue weighted by molar-refractivity contribution is 5.99. The van der Waals surface area contributed by atoms with E-state index in [1.54, 1.807) is 6.20 Å². The molecule has 0 aliphatic heterocycles. The van der Waals surface area contributed by atoms with Gasteiger partial charge in [0.1, 0.15) is 23.5 Å². The quantitative estimate of drug-likeness (QED) is 0.419. The summed E-state index contributed by atoms with van der Waals surface area (Å²) in [6.07, 6.45) is 5.33. The fourth-order valence-electron chi connectivity index (χ4n) is 4.16. The highest BCUT2D eigenvalue weighted by atomic mass is 16.4. The molecule has 4 heterocycles. The van der Waals surface area contributed by atoms with Crippen molar-refractivity contribution in [1.82, 2.24) is 35.0 Å². The summed E-state index contributed by atoms with van der Waals surface area (Å²) in [5.41, 5.74) is 9.17. The van der Waals surface area contributed by atoms with Crippen LogP contribution < -0.4 is 11.1 Å². The van der Waals surface area contributed by atoms with E-state index in [2.05, 4.69) is 25.3 Å². The molecule has 5 N–H and O–H groups in total. The third-order valence-corrected chi connectivity index (χ3v) is 5.54. The summed E-state index contributed by atoms with van der Waals surface area (Å²) in [4.78, 5) is 27.2. The van der Waals surface area contributed by atoms with Crippen LogP contribution in [0.2, 0.25) is 0 Å². The average molecular weight is 392 g/mol. The zero-order chi connectivity index (χ0) is 20.0. The number of nitrogens with zero attached hydrogens (tertiary/aromatic N) is 5. The number of aromatic amines is 1. The fourth-order valence-corrected chi connectivity index (χ4v) is 4.16. The smallest absolute Gasteiger partial charge is 0.404 e. The van der Waals surface area contributed by atoms with Gasteiger partial charge in [-0.05, 0) is 43.9 Å². The Morgan fingerprint density at radius 1 is 1.24 bits per heavy atom. The number of fused-ring (bicyclic) bond motifs is 2. The molecule has 10 heteroatoms. The van der Waals surface area contributed by atoms with Gasteiger partial charge in [0.25, 0.3) is 0 Å². The number of carbonyl (C=O) groups is 1. The van der Waals surface area contributed by atoms with E-state index < -0.39 is 6.09 Å². The Balaban J connectivity index is 1.56. The van der Waals surface area contributed by atoms with E-state index in [4.69, 9.17) is 15.9 Å². The van der Waals surface area contributed by atoms with Gasteiger partial charge in [0.05, 0.1) is 17.1 Å². The lowest BCUT2D eigenvalue weighted by Gasteiger charge is -2.28. The summed E-state index contributed by atoms with van der Waals surface area (Å²) in [5.74, 6) is 0.379. The second kappa shape index (κ2) is 6.73. The van der Waals surface area contributed by atoms with Gasteiger partial charge < -0.3 is 21.1 Å². The molecular formula is C19H20N8O2. The summed E-state index contributed by atoms with van der Waals surface area (Å²) in [6, 6.07) is 5.96. The van der Waals surface area contributed by atoms with Crippen LogP contribution in [-0.2, 0) is 0 Å². The largest absolute Gasteiger partial charge is 0.465 e. The molecule has 0 saturated heterocycles. The van der Waals surface area contributed by atoms with Gasteiger partial charge in [-0.15, -0.1) is 0 Å². The third-order valence-electron chi connectivity index (χ3n) is 5.54. The minimum Gasteiger partial charge on any atom is -0.465 e. The second-order valence-electron chi connectivity index (χ2n) is 7.33. The maximum atomic E-state index is 10.9. The van der Waals surface area contributed by atoms with Crippen molar-refractivity contribution in [1.29, 1.82) is 0 Å². The van der Waals surface area contributed by atoms with E-state index in [0.29, 0.717) is 22.5 Å². The second-order valence-corrected chi connectivity index (χ2v) is 7.33. The predicted molar refractivity (Wildman–Crippen MR) is 107 cm³/mol. The van der Waals surface area contributed by atoms with Crippen LogP contribution in [0.25, 0.3) is 33.5 Å². The molecule has 0 atom stereocenters. The number of nitrogens with one attached hydrogen (secondary N) is 2. The van der Waals surface area contributed by atoms with Crippen molar-refractivity contribution in [3.63, 3.8) is 0 Å². The lowest BCUT2D eigenvalue weighted by Crippen LogP contribution is -2.37. The minimum atomic E-state index is -0.979. The molecular weight excluding hydrogens is 372 g/mol. The van der Waals surface area contributed by atoms with Crippen LogP contribution in [0.15, 0.2) is 30.7 Å². The first kappa shape index (κ1) is 17.4. The zero-order valence-corrected chi connectivity index (χ0v) is 15.5. The van der Waals surface area contributed by atoms with Gasteiger partial charge in [-0.1, -0.05) is 0 Å². The van der Waals surface area contributed by atoms with E-state index in [1.807, 2.05) is 22.9 Å². The third kappa shape index (κ3) is 3.02. The molecule has 0 spiro atoms. The van der Waals surface area contributed by atoms with Crippen molar-refractivity contribution in [2.45, 2.75) is 37.8 Å². The predicted octanol–water partition coefficient (Wildman–Crippen LogP) is 2.70. The van der Waals surface area contributed by atoms with Crippen LogP contribution in [-0.4, -0.2) is 47.0 Å². The number of aromatic nitrogens is 6. The fraction of sp³-hybridized carbons (Fsp3) is 0.316. The van der Waals surface area contributed by atoms with Gasteiger partial charge in [-0.2, -0.15) is 5.10 Å². The first-order valence-electron chi connectivity index (χ1n) is 9.52. The Morgan fingerprint density at radius 2 is 2.07 bits per heavy atom. The normalized spacial score (nSPS) is 19.6. The molecule has 0 unspecified atom stereocenters. The van der Waals surface area contributed by atoms with Crippen molar-refractivity contribution < 1.29 is 9.90 Å². The Bertz CT molecular complexity index is 1170. The molecule has 1 aliphatic carbocycles. The Morgan fingerprint density at radius 3 is 2.83 bits per heavy atom. The van der Waals surface area contributed by atoms with Gasteiger partial charge in [0.2, 0.25) is 0 Å². The van der Waals surface area contributed by atoms with E-state index in [1.165, 1.54) is 6.33 Å². The Kier molecular flexibility index (Phi) is 4.04. The Labute approximate surface area is 165 Å². The van der Waals surface area contributed by atoms with Crippen LogP contribution in [0.1, 0.15) is 31.7 Å². The maximum absolute atomic E-state index is 10.9. The number of hydrogen-bond donors (Lipinski definition) is 4. The molecule has 148 valence electrons. The van der Waals surface area contributed by atoms with Crippen molar-refractivity contribution in [2.75, 3.05) is 5.73 Å².